The molecule has 1 aliphatic rings. The summed E-state index contributed by atoms with van der Waals surface area (Å²) in [6.07, 6.45) is 2.32. The van der Waals surface area contributed by atoms with Crippen molar-refractivity contribution in [3.8, 4) is 0 Å². The van der Waals surface area contributed by atoms with Crippen LogP contribution in [-0.2, 0) is 16.0 Å². The number of halogens is 3. The summed E-state index contributed by atoms with van der Waals surface area (Å²) >= 11 is 19.8. The lowest BCUT2D eigenvalue weighted by Crippen LogP contribution is -2.48. The number of thiophene rings is 1. The molecule has 0 spiro atoms. The molecule has 0 radical (unpaired) electrons. The normalized spacial score (nSPS) is 16.3. The highest BCUT2D eigenvalue weighted by Crippen LogP contribution is 2.32. The van der Waals surface area contributed by atoms with Crippen molar-refractivity contribution in [1.29, 1.82) is 0 Å². The van der Waals surface area contributed by atoms with Crippen molar-refractivity contribution in [1.82, 2.24) is 10.2 Å². The van der Waals surface area contributed by atoms with Crippen molar-refractivity contribution in [2.75, 3.05) is 25.0 Å². The Morgan fingerprint density at radius 3 is 2.53 bits per heavy atom. The van der Waals surface area contributed by atoms with Gasteiger partial charge in [-0.05, 0) is 62.9 Å². The molecule has 9 heteroatoms. The maximum Gasteiger partial charge on any atom is 0.241 e. The van der Waals surface area contributed by atoms with Crippen molar-refractivity contribution in [2.45, 2.75) is 32.2 Å². The van der Waals surface area contributed by atoms with Gasteiger partial charge in [0.05, 0.1) is 26.8 Å². The second-order valence-electron chi connectivity index (χ2n) is 7.34. The van der Waals surface area contributed by atoms with Crippen LogP contribution in [0.15, 0.2) is 29.6 Å². The first kappa shape index (κ1) is 23.4. The fraction of sp³-hybridized carbons (Fsp3) is 0.429. The number of piperidine rings is 1. The van der Waals surface area contributed by atoms with E-state index in [9.17, 15) is 9.59 Å². The highest BCUT2D eigenvalue weighted by atomic mass is 35.5. The van der Waals surface area contributed by atoms with Crippen LogP contribution in [0.4, 0.5) is 5.69 Å². The summed E-state index contributed by atoms with van der Waals surface area (Å²) in [4.78, 5) is 28.4. The molecule has 5 nitrogen and oxygen atoms in total. The number of likely N-dealkylation sites (tertiary alicyclic amines) is 1. The largest absolute Gasteiger partial charge is 0.355 e. The fourth-order valence-electron chi connectivity index (χ4n) is 3.48. The van der Waals surface area contributed by atoms with Gasteiger partial charge >= 0.3 is 0 Å². The molecular formula is C21H24Cl3N3O2S. The summed E-state index contributed by atoms with van der Waals surface area (Å²) in [5.41, 5.74) is 0.433. The van der Waals surface area contributed by atoms with Gasteiger partial charge in [0.15, 0.2) is 0 Å². The quantitative estimate of drug-likeness (QED) is 0.533. The molecule has 0 aliphatic carbocycles. The van der Waals surface area contributed by atoms with Crippen LogP contribution >= 0.6 is 46.1 Å². The molecule has 1 atom stereocenters. The van der Waals surface area contributed by atoms with Crippen molar-refractivity contribution in [2.24, 2.45) is 5.92 Å². The summed E-state index contributed by atoms with van der Waals surface area (Å²) in [7, 11) is 0. The van der Waals surface area contributed by atoms with Gasteiger partial charge in [-0.3, -0.25) is 14.5 Å². The summed E-state index contributed by atoms with van der Waals surface area (Å²) in [5, 5.41) is 8.90. The lowest BCUT2D eigenvalue weighted by molar-refractivity contribution is -0.127. The zero-order valence-corrected chi connectivity index (χ0v) is 19.7. The van der Waals surface area contributed by atoms with E-state index in [2.05, 4.69) is 21.6 Å². The molecule has 2 N–H and O–H groups in total. The predicted molar refractivity (Wildman–Crippen MR) is 125 cm³/mol. The third kappa shape index (κ3) is 6.11. The Morgan fingerprint density at radius 2 is 1.87 bits per heavy atom. The summed E-state index contributed by atoms with van der Waals surface area (Å²) in [6.45, 7) is 3.88. The summed E-state index contributed by atoms with van der Waals surface area (Å²) in [5.74, 6) is -0.0793. The minimum atomic E-state index is -0.349. The number of hydrogen-bond acceptors (Lipinski definition) is 4. The first-order chi connectivity index (χ1) is 14.3. The van der Waals surface area contributed by atoms with Gasteiger partial charge in [0.25, 0.3) is 0 Å². The van der Waals surface area contributed by atoms with Crippen LogP contribution in [0, 0.1) is 5.92 Å². The van der Waals surface area contributed by atoms with E-state index in [0.717, 1.165) is 19.3 Å². The average Bonchev–Trinajstić information content (AvgIpc) is 3.25. The van der Waals surface area contributed by atoms with Crippen LogP contribution in [0.2, 0.25) is 15.1 Å². The molecule has 162 valence electrons. The first-order valence-electron chi connectivity index (χ1n) is 9.84. The van der Waals surface area contributed by atoms with Crippen LogP contribution in [0.25, 0.3) is 0 Å². The van der Waals surface area contributed by atoms with E-state index in [1.54, 1.807) is 17.4 Å². The lowest BCUT2D eigenvalue weighted by atomic mass is 9.95. The van der Waals surface area contributed by atoms with Gasteiger partial charge in [0.1, 0.15) is 0 Å². The van der Waals surface area contributed by atoms with E-state index in [4.69, 9.17) is 34.8 Å². The Morgan fingerprint density at radius 1 is 1.17 bits per heavy atom. The SMILES string of the molecule is CC(C(=O)Nc1cc(Cl)c(Cl)cc1Cl)N1CCC(C(=O)NCCc2cccs2)CC1. The Kier molecular flexibility index (Phi) is 8.43. The van der Waals surface area contributed by atoms with Crippen LogP contribution in [0.5, 0.6) is 0 Å². The number of carbonyl (C=O) groups is 2. The van der Waals surface area contributed by atoms with Crippen LogP contribution < -0.4 is 10.6 Å². The third-order valence-corrected chi connectivity index (χ3v) is 7.32. The van der Waals surface area contributed by atoms with E-state index in [-0.39, 0.29) is 23.8 Å². The zero-order chi connectivity index (χ0) is 21.7. The smallest absolute Gasteiger partial charge is 0.241 e. The topological polar surface area (TPSA) is 61.4 Å². The van der Waals surface area contributed by atoms with Gasteiger partial charge in [0, 0.05) is 17.3 Å². The number of anilines is 1. The second-order valence-corrected chi connectivity index (χ2v) is 9.60. The van der Waals surface area contributed by atoms with E-state index >= 15 is 0 Å². The fourth-order valence-corrected chi connectivity index (χ4v) is 4.78. The van der Waals surface area contributed by atoms with Gasteiger partial charge in [-0.2, -0.15) is 0 Å². The van der Waals surface area contributed by atoms with E-state index < -0.39 is 0 Å². The average molecular weight is 489 g/mol. The maximum absolute atomic E-state index is 12.7. The number of nitrogens with zero attached hydrogens (tertiary/aromatic N) is 1. The molecule has 3 rings (SSSR count). The summed E-state index contributed by atoms with van der Waals surface area (Å²) < 4.78 is 0. The molecule has 0 saturated carbocycles. The molecule has 1 unspecified atom stereocenters. The number of rotatable bonds is 7. The molecule has 1 aromatic carbocycles. The van der Waals surface area contributed by atoms with Crippen molar-refractivity contribution < 1.29 is 9.59 Å². The van der Waals surface area contributed by atoms with E-state index in [1.807, 2.05) is 18.4 Å². The number of nitrogens with one attached hydrogen (secondary N) is 2. The van der Waals surface area contributed by atoms with Gasteiger partial charge in [0.2, 0.25) is 11.8 Å². The molecule has 1 aromatic heterocycles. The zero-order valence-electron chi connectivity index (χ0n) is 16.6. The van der Waals surface area contributed by atoms with Gasteiger partial charge in [-0.1, -0.05) is 40.9 Å². The molecular weight excluding hydrogens is 465 g/mol. The first-order valence-corrected chi connectivity index (χ1v) is 11.9. The molecule has 1 saturated heterocycles. The second kappa shape index (κ2) is 10.8. The highest BCUT2D eigenvalue weighted by molar-refractivity contribution is 7.09. The molecule has 30 heavy (non-hydrogen) atoms. The maximum atomic E-state index is 12.7. The predicted octanol–water partition coefficient (Wildman–Crippen LogP) is 5.11. The molecule has 2 heterocycles. The monoisotopic (exact) mass is 487 g/mol. The van der Waals surface area contributed by atoms with E-state index in [1.165, 1.54) is 10.9 Å². The summed E-state index contributed by atoms with van der Waals surface area (Å²) in [6, 6.07) is 6.80. The third-order valence-electron chi connectivity index (χ3n) is 5.35. The molecule has 1 fully saturated rings. The highest BCUT2D eigenvalue weighted by Gasteiger charge is 2.30. The molecule has 1 aliphatic heterocycles. The van der Waals surface area contributed by atoms with Crippen molar-refractivity contribution in [3.05, 3.63) is 49.6 Å². The molecule has 2 amide bonds. The van der Waals surface area contributed by atoms with Crippen LogP contribution in [0.3, 0.4) is 0 Å². The number of hydrogen-bond donors (Lipinski definition) is 2. The Labute approximate surface area is 195 Å². The number of benzene rings is 1. The number of amides is 2. The number of carbonyl (C=O) groups excluding carboxylic acids is 2. The van der Waals surface area contributed by atoms with Crippen molar-refractivity contribution >= 4 is 63.6 Å². The Hall–Kier alpha value is -1.31. The van der Waals surface area contributed by atoms with Crippen LogP contribution in [-0.4, -0.2) is 42.4 Å². The van der Waals surface area contributed by atoms with Crippen LogP contribution in [0.1, 0.15) is 24.6 Å². The van der Waals surface area contributed by atoms with Gasteiger partial charge in [-0.25, -0.2) is 0 Å². The standard InChI is InChI=1S/C21H24Cl3N3O2S/c1-13(20(28)26-19-12-17(23)16(22)11-18(19)24)27-8-5-14(6-9-27)21(29)25-7-4-15-3-2-10-30-15/h2-3,10-14H,4-9H2,1H3,(H,25,29)(H,26,28). The van der Waals surface area contributed by atoms with Crippen molar-refractivity contribution in [3.63, 3.8) is 0 Å². The lowest BCUT2D eigenvalue weighted by Gasteiger charge is -2.34. The van der Waals surface area contributed by atoms with Gasteiger partial charge in [-0.15, -0.1) is 11.3 Å². The molecule has 0 bridgehead atoms. The Bertz CT molecular complexity index is 884. The molecule has 2 aromatic rings. The minimum Gasteiger partial charge on any atom is -0.355 e. The van der Waals surface area contributed by atoms with Gasteiger partial charge < -0.3 is 10.6 Å². The van der Waals surface area contributed by atoms with E-state index in [0.29, 0.717) is 40.4 Å². The Balaban J connectivity index is 1.45. The minimum absolute atomic E-state index is 0.00985.